The Morgan fingerprint density at radius 1 is 1.00 bits per heavy atom. The number of halogens is 1. The highest BCUT2D eigenvalue weighted by atomic mass is 19.1. The van der Waals surface area contributed by atoms with Crippen LogP contribution in [0.5, 0.6) is 0 Å². The smallest absolute Gasteiger partial charge is 0.270 e. The predicted octanol–water partition coefficient (Wildman–Crippen LogP) is 4.58. The van der Waals surface area contributed by atoms with Crippen LogP contribution in [0.1, 0.15) is 46.1 Å². The van der Waals surface area contributed by atoms with Gasteiger partial charge in [-0.05, 0) is 50.6 Å². The summed E-state index contributed by atoms with van der Waals surface area (Å²) in [5.74, 6) is 0.582. The lowest BCUT2D eigenvalue weighted by Gasteiger charge is -2.14. The van der Waals surface area contributed by atoms with Crippen LogP contribution in [0.25, 0.3) is 22.6 Å². The van der Waals surface area contributed by atoms with E-state index in [1.165, 1.54) is 18.5 Å². The van der Waals surface area contributed by atoms with Gasteiger partial charge < -0.3 is 10.6 Å². The first kappa shape index (κ1) is 26.1. The predicted molar refractivity (Wildman–Crippen MR) is 145 cm³/mol. The molecule has 0 spiro atoms. The largest absolute Gasteiger partial charge is 0.344 e. The van der Waals surface area contributed by atoms with Gasteiger partial charge in [0.15, 0.2) is 11.6 Å². The molecule has 1 amide bonds. The van der Waals surface area contributed by atoms with Crippen molar-refractivity contribution in [1.82, 2.24) is 40.4 Å². The van der Waals surface area contributed by atoms with Gasteiger partial charge in [0.2, 0.25) is 0 Å². The fourth-order valence-electron chi connectivity index (χ4n) is 3.94. The number of anilines is 2. The molecule has 0 radical (unpaired) electrons. The zero-order valence-electron chi connectivity index (χ0n) is 21.8. The van der Waals surface area contributed by atoms with E-state index in [4.69, 9.17) is 5.26 Å². The number of nitrogens with one attached hydrogen (secondary N) is 3. The molecule has 12 heteroatoms. The van der Waals surface area contributed by atoms with Gasteiger partial charge in [-0.3, -0.25) is 24.8 Å². The summed E-state index contributed by atoms with van der Waals surface area (Å²) < 4.78 is 13.6. The van der Waals surface area contributed by atoms with Crippen LogP contribution in [0.3, 0.4) is 0 Å². The Hall–Kier alpha value is -5.57. The fraction of sp³-hybridized carbons (Fsp3) is 0.143. The Bertz CT molecular complexity index is 1730. The molecule has 40 heavy (non-hydrogen) atoms. The molecule has 0 bridgehead atoms. The van der Waals surface area contributed by atoms with Gasteiger partial charge in [-0.1, -0.05) is 6.07 Å². The van der Waals surface area contributed by atoms with Gasteiger partial charge in [-0.25, -0.2) is 14.4 Å². The van der Waals surface area contributed by atoms with E-state index in [0.717, 1.165) is 5.56 Å². The molecular weight excluding hydrogens is 511 g/mol. The number of carbonyl (C=O) groups excluding carboxylic acids is 1. The van der Waals surface area contributed by atoms with Crippen LogP contribution in [0.2, 0.25) is 0 Å². The SMILES string of the molecule is Cc1cc(Nc2cc(C#N)[nH]n2)nc(-c2ccc(C(=O)NC(C)c3ccc(-c4cc(F)cnc4C)nc3)nc2)n1. The highest BCUT2D eigenvalue weighted by molar-refractivity contribution is 5.92. The molecule has 0 aliphatic rings. The summed E-state index contributed by atoms with van der Waals surface area (Å²) in [6, 6.07) is 13.3. The Labute approximate surface area is 228 Å². The first-order valence-corrected chi connectivity index (χ1v) is 12.2. The number of amides is 1. The quantitative estimate of drug-likeness (QED) is 0.272. The lowest BCUT2D eigenvalue weighted by atomic mass is 10.1. The Kier molecular flexibility index (Phi) is 7.19. The van der Waals surface area contributed by atoms with Crippen molar-refractivity contribution in [1.29, 1.82) is 5.26 Å². The first-order chi connectivity index (χ1) is 19.3. The van der Waals surface area contributed by atoms with Crippen molar-refractivity contribution in [2.75, 3.05) is 5.32 Å². The molecule has 0 aromatic carbocycles. The Morgan fingerprint density at radius 2 is 1.85 bits per heavy atom. The van der Waals surface area contributed by atoms with Crippen molar-refractivity contribution in [2.45, 2.75) is 26.8 Å². The average molecular weight is 535 g/mol. The van der Waals surface area contributed by atoms with Crippen molar-refractivity contribution in [3.8, 4) is 28.7 Å². The van der Waals surface area contributed by atoms with Gasteiger partial charge in [0.25, 0.3) is 5.91 Å². The van der Waals surface area contributed by atoms with E-state index in [1.807, 2.05) is 26.0 Å². The van der Waals surface area contributed by atoms with Crippen molar-refractivity contribution in [3.63, 3.8) is 0 Å². The second kappa shape index (κ2) is 11.0. The topological polar surface area (TPSA) is 158 Å². The highest BCUT2D eigenvalue weighted by Crippen LogP contribution is 2.23. The second-order valence-corrected chi connectivity index (χ2v) is 9.01. The molecule has 5 rings (SSSR count). The number of aromatic nitrogens is 7. The van der Waals surface area contributed by atoms with Crippen molar-refractivity contribution < 1.29 is 9.18 Å². The summed E-state index contributed by atoms with van der Waals surface area (Å²) in [7, 11) is 0. The average Bonchev–Trinajstić information content (AvgIpc) is 3.41. The minimum absolute atomic E-state index is 0.230. The summed E-state index contributed by atoms with van der Waals surface area (Å²) in [5.41, 5.74) is 4.55. The van der Waals surface area contributed by atoms with Gasteiger partial charge in [0, 0.05) is 47.0 Å². The number of hydrogen-bond acceptors (Lipinski definition) is 9. The zero-order chi connectivity index (χ0) is 28.2. The molecule has 0 saturated carbocycles. The van der Waals surface area contributed by atoms with Crippen LogP contribution < -0.4 is 10.6 Å². The molecule has 198 valence electrons. The zero-order valence-corrected chi connectivity index (χ0v) is 21.8. The molecule has 1 unspecified atom stereocenters. The van der Waals surface area contributed by atoms with Gasteiger partial charge in [-0.15, -0.1) is 0 Å². The number of nitriles is 1. The van der Waals surface area contributed by atoms with E-state index in [1.54, 1.807) is 43.5 Å². The lowest BCUT2D eigenvalue weighted by Crippen LogP contribution is -2.27. The van der Waals surface area contributed by atoms with E-state index >= 15 is 0 Å². The number of H-pyrrole nitrogens is 1. The minimum Gasteiger partial charge on any atom is -0.344 e. The van der Waals surface area contributed by atoms with Gasteiger partial charge in [0.05, 0.1) is 17.9 Å². The summed E-state index contributed by atoms with van der Waals surface area (Å²) in [4.78, 5) is 34.6. The number of hydrogen-bond donors (Lipinski definition) is 3. The molecule has 0 fully saturated rings. The molecular formula is C28H23FN10O. The summed E-state index contributed by atoms with van der Waals surface area (Å²) >= 11 is 0. The van der Waals surface area contributed by atoms with Crippen LogP contribution in [0.15, 0.2) is 61.1 Å². The van der Waals surface area contributed by atoms with Gasteiger partial charge in [0.1, 0.15) is 29.1 Å². The Balaban J connectivity index is 1.26. The number of pyridine rings is 3. The third-order valence-corrected chi connectivity index (χ3v) is 6.03. The molecule has 0 aliphatic carbocycles. The second-order valence-electron chi connectivity index (χ2n) is 9.01. The summed E-state index contributed by atoms with van der Waals surface area (Å²) in [5, 5.41) is 21.5. The van der Waals surface area contributed by atoms with Gasteiger partial charge in [-0.2, -0.15) is 10.4 Å². The van der Waals surface area contributed by atoms with Crippen LogP contribution >= 0.6 is 0 Å². The number of aryl methyl sites for hydroxylation is 2. The third kappa shape index (κ3) is 5.78. The molecule has 5 aromatic rings. The molecule has 0 aliphatic heterocycles. The van der Waals surface area contributed by atoms with E-state index in [0.29, 0.717) is 51.4 Å². The summed E-state index contributed by atoms with van der Waals surface area (Å²) in [6.07, 6.45) is 4.35. The summed E-state index contributed by atoms with van der Waals surface area (Å²) in [6.45, 7) is 5.46. The molecule has 5 heterocycles. The van der Waals surface area contributed by atoms with E-state index in [-0.39, 0.29) is 17.6 Å². The van der Waals surface area contributed by atoms with Crippen LogP contribution in [0, 0.1) is 31.0 Å². The standard InChI is InChI=1S/C28H23FN10O/c1-15-8-25(36-26-10-21(11-30)38-39-26)37-27(34-15)19-5-7-24(33-13-19)28(40)35-16(2)18-4-6-23(32-12-18)22-9-20(29)14-31-17(22)3/h4-10,12-14,16H,1-3H3,(H,35,40)(H2,34,36,37,38,39). The van der Waals surface area contributed by atoms with E-state index in [2.05, 4.69) is 45.8 Å². The van der Waals surface area contributed by atoms with Crippen LogP contribution in [-0.4, -0.2) is 41.0 Å². The normalized spacial score (nSPS) is 11.5. The minimum atomic E-state index is -0.430. The molecule has 5 aromatic heterocycles. The van der Waals surface area contributed by atoms with Gasteiger partial charge >= 0.3 is 0 Å². The number of carbonyl (C=O) groups is 1. The molecule has 3 N–H and O–H groups in total. The molecule has 1 atom stereocenters. The molecule has 11 nitrogen and oxygen atoms in total. The number of rotatable bonds is 7. The van der Waals surface area contributed by atoms with Crippen molar-refractivity contribution in [2.24, 2.45) is 0 Å². The maximum atomic E-state index is 13.6. The highest BCUT2D eigenvalue weighted by Gasteiger charge is 2.15. The fourth-order valence-corrected chi connectivity index (χ4v) is 3.94. The lowest BCUT2D eigenvalue weighted by molar-refractivity contribution is 0.0935. The van der Waals surface area contributed by atoms with Crippen LogP contribution in [0.4, 0.5) is 16.0 Å². The monoisotopic (exact) mass is 534 g/mol. The van der Waals surface area contributed by atoms with Crippen LogP contribution in [-0.2, 0) is 0 Å². The first-order valence-electron chi connectivity index (χ1n) is 12.2. The Morgan fingerprint density at radius 3 is 2.55 bits per heavy atom. The van der Waals surface area contributed by atoms with E-state index in [9.17, 15) is 9.18 Å². The van der Waals surface area contributed by atoms with Crippen molar-refractivity contribution in [3.05, 3.63) is 95.2 Å². The number of aromatic amines is 1. The molecule has 0 saturated heterocycles. The van der Waals surface area contributed by atoms with E-state index < -0.39 is 5.82 Å². The number of nitrogens with zero attached hydrogens (tertiary/aromatic N) is 7. The van der Waals surface area contributed by atoms with Crippen molar-refractivity contribution >= 4 is 17.5 Å². The maximum absolute atomic E-state index is 13.6. The third-order valence-electron chi connectivity index (χ3n) is 6.03. The maximum Gasteiger partial charge on any atom is 0.270 e.